The number of hydrogen-bond acceptors (Lipinski definition) is 6. The summed E-state index contributed by atoms with van der Waals surface area (Å²) in [6.45, 7) is 7.74. The zero-order valence-corrected chi connectivity index (χ0v) is 19.9. The molecule has 0 bridgehead atoms. The number of carbonyl (C=O) groups excluding carboxylic acids is 1. The van der Waals surface area contributed by atoms with E-state index >= 15 is 0 Å². The molecule has 4 rings (SSSR count). The van der Waals surface area contributed by atoms with Crippen LogP contribution in [-0.4, -0.2) is 48.8 Å². The molecule has 0 atom stereocenters. The van der Waals surface area contributed by atoms with Crippen LogP contribution in [0, 0.1) is 0 Å². The monoisotopic (exact) mass is 501 g/mol. The van der Waals surface area contributed by atoms with E-state index in [4.69, 9.17) is 14.5 Å². The van der Waals surface area contributed by atoms with Gasteiger partial charge in [0.2, 0.25) is 6.79 Å². The number of halogens is 1. The van der Waals surface area contributed by atoms with Crippen LogP contribution in [0.15, 0.2) is 46.9 Å². The van der Waals surface area contributed by atoms with Crippen LogP contribution in [0.25, 0.3) is 16.3 Å². The van der Waals surface area contributed by atoms with Crippen LogP contribution < -0.4 is 14.4 Å². The van der Waals surface area contributed by atoms with Gasteiger partial charge in [-0.15, -0.1) is 0 Å². The molecule has 1 aliphatic heterocycles. The molecule has 0 saturated carbocycles. The van der Waals surface area contributed by atoms with Gasteiger partial charge in [-0.05, 0) is 55.1 Å². The molecule has 0 aliphatic carbocycles. The first-order chi connectivity index (χ1) is 15.1. The number of carbonyl (C=O) groups is 1. The lowest BCUT2D eigenvalue weighted by atomic mass is 10.2. The number of benzene rings is 2. The molecule has 0 fully saturated rings. The van der Waals surface area contributed by atoms with Crippen LogP contribution in [0.1, 0.15) is 19.4 Å². The fourth-order valence-electron chi connectivity index (χ4n) is 3.36. The van der Waals surface area contributed by atoms with E-state index in [9.17, 15) is 4.79 Å². The first-order valence-electron chi connectivity index (χ1n) is 10.2. The van der Waals surface area contributed by atoms with Gasteiger partial charge < -0.3 is 14.4 Å². The van der Waals surface area contributed by atoms with Gasteiger partial charge in [-0.1, -0.05) is 47.2 Å². The second-order valence-electron chi connectivity index (χ2n) is 7.07. The Morgan fingerprint density at radius 1 is 1.13 bits per heavy atom. The van der Waals surface area contributed by atoms with Gasteiger partial charge >= 0.3 is 0 Å². The lowest BCUT2D eigenvalue weighted by Crippen LogP contribution is -2.38. The maximum absolute atomic E-state index is 13.2. The first-order valence-corrected chi connectivity index (χ1v) is 11.9. The molecular weight excluding hydrogens is 478 g/mol. The average molecular weight is 502 g/mol. The normalized spacial score (nSPS) is 12.9. The predicted molar refractivity (Wildman–Crippen MR) is 129 cm³/mol. The third-order valence-electron chi connectivity index (χ3n) is 5.19. The number of anilines is 1. The molecule has 1 aliphatic rings. The lowest BCUT2D eigenvalue weighted by molar-refractivity contribution is -0.114. The summed E-state index contributed by atoms with van der Waals surface area (Å²) in [5, 5.41) is 0.709. The van der Waals surface area contributed by atoms with Crippen molar-refractivity contribution in [3.63, 3.8) is 0 Å². The summed E-state index contributed by atoms with van der Waals surface area (Å²) in [5.74, 6) is 1.33. The van der Waals surface area contributed by atoms with Gasteiger partial charge in [-0.2, -0.15) is 0 Å². The van der Waals surface area contributed by atoms with Gasteiger partial charge in [-0.25, -0.2) is 4.98 Å². The molecule has 2 heterocycles. The molecule has 31 heavy (non-hydrogen) atoms. The SMILES string of the molecule is CCN(CC)CCN(C(=O)/C=C/c1ccc2c(c1)OCO2)c1nc2ccc(Br)cc2s1. The van der Waals surface area contributed by atoms with E-state index in [1.165, 1.54) is 11.3 Å². The number of hydrogen-bond donors (Lipinski definition) is 0. The molecule has 1 aromatic heterocycles. The van der Waals surface area contributed by atoms with Gasteiger partial charge in [0.05, 0.1) is 10.2 Å². The van der Waals surface area contributed by atoms with Crippen molar-refractivity contribution in [2.75, 3.05) is 37.9 Å². The smallest absolute Gasteiger partial charge is 0.252 e. The quantitative estimate of drug-likeness (QED) is 0.398. The maximum atomic E-state index is 13.2. The van der Waals surface area contributed by atoms with Crippen molar-refractivity contribution in [3.8, 4) is 11.5 Å². The summed E-state index contributed by atoms with van der Waals surface area (Å²) in [7, 11) is 0. The maximum Gasteiger partial charge on any atom is 0.252 e. The van der Waals surface area contributed by atoms with E-state index in [0.717, 1.165) is 45.6 Å². The number of likely N-dealkylation sites (N-methyl/N-ethyl adjacent to an activating group) is 1. The van der Waals surface area contributed by atoms with Gasteiger partial charge in [0, 0.05) is 23.6 Å². The van der Waals surface area contributed by atoms with Crippen molar-refractivity contribution >= 4 is 54.6 Å². The van der Waals surface area contributed by atoms with Crippen LogP contribution in [0.2, 0.25) is 0 Å². The summed E-state index contributed by atoms with van der Waals surface area (Å²) in [6.07, 6.45) is 3.40. The Bertz CT molecular complexity index is 1110. The van der Waals surface area contributed by atoms with E-state index in [2.05, 4.69) is 34.7 Å². The topological polar surface area (TPSA) is 54.9 Å². The highest BCUT2D eigenvalue weighted by Crippen LogP contribution is 2.33. The largest absolute Gasteiger partial charge is 0.454 e. The second-order valence-corrected chi connectivity index (χ2v) is 9.00. The highest BCUT2D eigenvalue weighted by molar-refractivity contribution is 9.10. The van der Waals surface area contributed by atoms with E-state index in [0.29, 0.717) is 17.4 Å². The van der Waals surface area contributed by atoms with Gasteiger partial charge in [0.25, 0.3) is 5.91 Å². The molecule has 6 nitrogen and oxygen atoms in total. The van der Waals surface area contributed by atoms with E-state index in [1.807, 2.05) is 36.4 Å². The van der Waals surface area contributed by atoms with Gasteiger partial charge in [0.1, 0.15) is 0 Å². The third-order valence-corrected chi connectivity index (χ3v) is 6.72. The van der Waals surface area contributed by atoms with Gasteiger partial charge in [-0.3, -0.25) is 9.69 Å². The number of nitrogens with zero attached hydrogens (tertiary/aromatic N) is 3. The number of amides is 1. The summed E-state index contributed by atoms with van der Waals surface area (Å²) < 4.78 is 12.8. The molecule has 0 N–H and O–H groups in total. The Kier molecular flexibility index (Phi) is 6.89. The first kappa shape index (κ1) is 21.8. The summed E-state index contributed by atoms with van der Waals surface area (Å²) in [5.41, 5.74) is 1.78. The minimum atomic E-state index is -0.0945. The Labute approximate surface area is 194 Å². The molecular formula is C23H24BrN3O3S. The van der Waals surface area contributed by atoms with Crippen molar-refractivity contribution in [3.05, 3.63) is 52.5 Å². The fraction of sp³-hybridized carbons (Fsp3) is 0.304. The Morgan fingerprint density at radius 3 is 2.74 bits per heavy atom. The number of ether oxygens (including phenoxy) is 2. The standard InChI is InChI=1S/C23H24BrN3O3S/c1-3-26(4-2)11-12-27(23-25-18-8-7-17(24)14-21(18)31-23)22(28)10-6-16-5-9-19-20(13-16)30-15-29-19/h5-10,13-14H,3-4,11-12,15H2,1-2H3/b10-6+. The molecule has 0 saturated heterocycles. The predicted octanol–water partition coefficient (Wildman–Crippen LogP) is 5.18. The van der Waals surface area contributed by atoms with E-state index < -0.39 is 0 Å². The van der Waals surface area contributed by atoms with Crippen LogP contribution in [0.5, 0.6) is 11.5 Å². The minimum Gasteiger partial charge on any atom is -0.454 e. The summed E-state index contributed by atoms with van der Waals surface area (Å²) in [6, 6.07) is 11.6. The van der Waals surface area contributed by atoms with Crippen LogP contribution in [-0.2, 0) is 4.79 Å². The zero-order chi connectivity index (χ0) is 21.8. The summed E-state index contributed by atoms with van der Waals surface area (Å²) in [4.78, 5) is 22.0. The molecule has 8 heteroatoms. The van der Waals surface area contributed by atoms with Gasteiger partial charge in [0.15, 0.2) is 16.6 Å². The van der Waals surface area contributed by atoms with Crippen LogP contribution >= 0.6 is 27.3 Å². The lowest BCUT2D eigenvalue weighted by Gasteiger charge is -2.23. The van der Waals surface area contributed by atoms with Crippen molar-refractivity contribution in [1.29, 1.82) is 0 Å². The Morgan fingerprint density at radius 2 is 1.94 bits per heavy atom. The zero-order valence-electron chi connectivity index (χ0n) is 17.5. The molecule has 1 amide bonds. The Balaban J connectivity index is 1.58. The molecule has 0 spiro atoms. The van der Waals surface area contributed by atoms with Crippen molar-refractivity contribution < 1.29 is 14.3 Å². The molecule has 162 valence electrons. The molecule has 2 aromatic carbocycles. The summed E-state index contributed by atoms with van der Waals surface area (Å²) >= 11 is 5.04. The second kappa shape index (κ2) is 9.80. The highest BCUT2D eigenvalue weighted by atomic mass is 79.9. The molecule has 3 aromatic rings. The number of rotatable bonds is 8. The van der Waals surface area contributed by atoms with Crippen molar-refractivity contribution in [2.24, 2.45) is 0 Å². The molecule has 0 radical (unpaired) electrons. The number of aromatic nitrogens is 1. The minimum absolute atomic E-state index is 0.0945. The number of thiazole rings is 1. The number of fused-ring (bicyclic) bond motifs is 2. The Hall–Kier alpha value is -2.42. The van der Waals surface area contributed by atoms with Crippen LogP contribution in [0.3, 0.4) is 0 Å². The third kappa shape index (κ3) is 5.08. The molecule has 0 unspecified atom stereocenters. The van der Waals surface area contributed by atoms with Crippen molar-refractivity contribution in [2.45, 2.75) is 13.8 Å². The average Bonchev–Trinajstić information content (AvgIpc) is 3.41. The van der Waals surface area contributed by atoms with Crippen LogP contribution in [0.4, 0.5) is 5.13 Å². The van der Waals surface area contributed by atoms with E-state index in [1.54, 1.807) is 17.1 Å². The highest BCUT2D eigenvalue weighted by Gasteiger charge is 2.19. The van der Waals surface area contributed by atoms with Crippen molar-refractivity contribution in [1.82, 2.24) is 9.88 Å². The van der Waals surface area contributed by atoms with E-state index in [-0.39, 0.29) is 12.7 Å². The fourth-order valence-corrected chi connectivity index (χ4v) is 4.91.